The lowest BCUT2D eigenvalue weighted by Crippen LogP contribution is -2.32. The van der Waals surface area contributed by atoms with E-state index >= 15 is 0 Å². The van der Waals surface area contributed by atoms with Gasteiger partial charge in [0.1, 0.15) is 11.5 Å². The molecular weight excluding hydrogens is 514 g/mol. The molecule has 0 aliphatic heterocycles. The van der Waals surface area contributed by atoms with Gasteiger partial charge in [-0.2, -0.15) is 5.10 Å². The van der Waals surface area contributed by atoms with Crippen molar-refractivity contribution in [3.63, 3.8) is 0 Å². The van der Waals surface area contributed by atoms with E-state index < -0.39 is 11.9 Å². The number of nitrogens with zero attached hydrogens (tertiary/aromatic N) is 4. The number of hydrogen-bond acceptors (Lipinski definition) is 7. The molecule has 0 spiro atoms. The number of nitrogens with one attached hydrogen (secondary N) is 1. The van der Waals surface area contributed by atoms with Crippen LogP contribution < -0.4 is 10.9 Å². The molecular formula is C29H31N5O4S. The van der Waals surface area contributed by atoms with E-state index in [9.17, 15) is 14.4 Å². The summed E-state index contributed by atoms with van der Waals surface area (Å²) < 4.78 is 8.23. The summed E-state index contributed by atoms with van der Waals surface area (Å²) in [6.07, 6.45) is 4.79. The van der Waals surface area contributed by atoms with Crippen LogP contribution in [0.5, 0.6) is 0 Å². The number of hydrogen-bond donors (Lipinski definition) is 1. The number of benzene rings is 1. The van der Waals surface area contributed by atoms with Gasteiger partial charge in [0.2, 0.25) is 11.9 Å². The molecule has 39 heavy (non-hydrogen) atoms. The summed E-state index contributed by atoms with van der Waals surface area (Å²) in [5.41, 5.74) is 3.86. The predicted molar refractivity (Wildman–Crippen MR) is 151 cm³/mol. The molecule has 1 amide bonds. The second kappa shape index (κ2) is 11.4. The Morgan fingerprint density at radius 3 is 2.56 bits per heavy atom. The van der Waals surface area contributed by atoms with Gasteiger partial charge in [-0.1, -0.05) is 36.8 Å². The molecule has 0 atom stereocenters. The molecule has 0 unspecified atom stereocenters. The number of amides is 1. The van der Waals surface area contributed by atoms with Gasteiger partial charge < -0.3 is 10.1 Å². The Labute approximate surface area is 230 Å². The molecule has 5 rings (SSSR count). The summed E-state index contributed by atoms with van der Waals surface area (Å²) in [6, 6.07) is 12.7. The molecule has 1 aliphatic carbocycles. The van der Waals surface area contributed by atoms with E-state index in [-0.39, 0.29) is 24.7 Å². The second-order valence-electron chi connectivity index (χ2n) is 9.61. The highest BCUT2D eigenvalue weighted by molar-refractivity contribution is 7.17. The van der Waals surface area contributed by atoms with Crippen LogP contribution in [0, 0.1) is 13.8 Å². The van der Waals surface area contributed by atoms with Crippen molar-refractivity contribution in [2.45, 2.75) is 59.4 Å². The first-order chi connectivity index (χ1) is 18.9. The van der Waals surface area contributed by atoms with Crippen LogP contribution in [0.2, 0.25) is 0 Å². The van der Waals surface area contributed by atoms with Crippen LogP contribution in [-0.2, 0) is 28.9 Å². The standard InChI is InChI=1S/C29H31N5O4S/c1-4-38-28(37)26-21-13-9-6-10-14-23(21)39-27(26)31-24(35)17-33-25(36)16-22(20-11-7-5-8-12-20)30-29(33)34-19(3)15-18(2)32-34/h5,7-8,11-12,15-16H,4,6,9-10,13-14,17H2,1-3H3,(H,31,35). The van der Waals surface area contributed by atoms with E-state index in [1.807, 2.05) is 50.2 Å². The summed E-state index contributed by atoms with van der Waals surface area (Å²) in [5, 5.41) is 7.90. The number of carbonyl (C=O) groups excluding carboxylic acids is 2. The Hall–Kier alpha value is -4.05. The summed E-state index contributed by atoms with van der Waals surface area (Å²) in [5.74, 6) is -0.618. The smallest absolute Gasteiger partial charge is 0.341 e. The number of esters is 1. The van der Waals surface area contributed by atoms with Gasteiger partial charge >= 0.3 is 5.97 Å². The minimum Gasteiger partial charge on any atom is -0.462 e. The van der Waals surface area contributed by atoms with Gasteiger partial charge in [0.15, 0.2) is 0 Å². The number of anilines is 1. The van der Waals surface area contributed by atoms with E-state index in [0.717, 1.165) is 59.5 Å². The summed E-state index contributed by atoms with van der Waals surface area (Å²) in [6.45, 7) is 5.45. The van der Waals surface area contributed by atoms with E-state index in [4.69, 9.17) is 9.72 Å². The molecule has 0 saturated carbocycles. The third kappa shape index (κ3) is 5.56. The van der Waals surface area contributed by atoms with Gasteiger partial charge in [-0.15, -0.1) is 11.3 Å². The summed E-state index contributed by atoms with van der Waals surface area (Å²) in [4.78, 5) is 45.6. The maximum absolute atomic E-state index is 13.4. The van der Waals surface area contributed by atoms with Gasteiger partial charge in [-0.25, -0.2) is 14.5 Å². The molecule has 1 N–H and O–H groups in total. The first kappa shape index (κ1) is 26.6. The number of carbonyl (C=O) groups is 2. The summed E-state index contributed by atoms with van der Waals surface area (Å²) in [7, 11) is 0. The number of aryl methyl sites for hydroxylation is 3. The molecule has 0 fully saturated rings. The largest absolute Gasteiger partial charge is 0.462 e. The Balaban J connectivity index is 1.52. The lowest BCUT2D eigenvalue weighted by molar-refractivity contribution is -0.116. The molecule has 9 nitrogen and oxygen atoms in total. The van der Waals surface area contributed by atoms with Gasteiger partial charge in [-0.3, -0.25) is 14.2 Å². The molecule has 1 aromatic carbocycles. The first-order valence-electron chi connectivity index (χ1n) is 13.2. The number of rotatable bonds is 7. The minimum atomic E-state index is -0.434. The van der Waals surface area contributed by atoms with Crippen molar-refractivity contribution in [2.75, 3.05) is 11.9 Å². The van der Waals surface area contributed by atoms with E-state index in [2.05, 4.69) is 10.4 Å². The lowest BCUT2D eigenvalue weighted by Gasteiger charge is -2.15. The summed E-state index contributed by atoms with van der Waals surface area (Å²) >= 11 is 1.43. The van der Waals surface area contributed by atoms with Crippen LogP contribution in [0.4, 0.5) is 5.00 Å². The van der Waals surface area contributed by atoms with Crippen molar-refractivity contribution < 1.29 is 14.3 Å². The van der Waals surface area contributed by atoms with E-state index in [1.54, 1.807) is 11.6 Å². The van der Waals surface area contributed by atoms with Crippen LogP contribution in [0.15, 0.2) is 47.3 Å². The maximum Gasteiger partial charge on any atom is 0.341 e. The monoisotopic (exact) mass is 545 g/mol. The fraction of sp³-hybridized carbons (Fsp3) is 0.345. The van der Waals surface area contributed by atoms with Crippen molar-refractivity contribution in [3.05, 3.63) is 80.2 Å². The SMILES string of the molecule is CCOC(=O)c1c(NC(=O)Cn2c(-n3nc(C)cc3C)nc(-c3ccccc3)cc2=O)sc2c1CCCCC2. The molecule has 3 heterocycles. The maximum atomic E-state index is 13.4. The molecule has 0 saturated heterocycles. The van der Waals surface area contributed by atoms with E-state index in [1.165, 1.54) is 22.0 Å². The highest BCUT2D eigenvalue weighted by Gasteiger charge is 2.27. The van der Waals surface area contributed by atoms with Crippen LogP contribution in [0.1, 0.15) is 58.4 Å². The quantitative estimate of drug-likeness (QED) is 0.263. The average molecular weight is 546 g/mol. The van der Waals surface area contributed by atoms with Crippen LogP contribution in [0.3, 0.4) is 0 Å². The Bertz CT molecular complexity index is 1590. The third-order valence-corrected chi connectivity index (χ3v) is 7.92. The van der Waals surface area contributed by atoms with Crippen molar-refractivity contribution in [2.24, 2.45) is 0 Å². The number of ether oxygens (including phenoxy) is 1. The van der Waals surface area contributed by atoms with Gasteiger partial charge in [0, 0.05) is 22.2 Å². The fourth-order valence-corrected chi connectivity index (χ4v) is 6.25. The third-order valence-electron chi connectivity index (χ3n) is 6.71. The number of thiophene rings is 1. The molecule has 202 valence electrons. The predicted octanol–water partition coefficient (Wildman–Crippen LogP) is 4.86. The molecule has 0 radical (unpaired) electrons. The highest BCUT2D eigenvalue weighted by atomic mass is 32.1. The molecule has 3 aromatic heterocycles. The Morgan fingerprint density at radius 1 is 1.08 bits per heavy atom. The normalized spacial score (nSPS) is 13.0. The molecule has 10 heteroatoms. The van der Waals surface area contributed by atoms with Crippen molar-refractivity contribution in [1.29, 1.82) is 0 Å². The number of fused-ring (bicyclic) bond motifs is 1. The van der Waals surface area contributed by atoms with E-state index in [0.29, 0.717) is 16.3 Å². The fourth-order valence-electron chi connectivity index (χ4n) is 4.95. The number of aromatic nitrogens is 4. The zero-order valence-corrected chi connectivity index (χ0v) is 23.1. The van der Waals surface area contributed by atoms with Gasteiger partial charge in [-0.05, 0) is 58.1 Å². The van der Waals surface area contributed by atoms with Crippen molar-refractivity contribution >= 4 is 28.2 Å². The van der Waals surface area contributed by atoms with Crippen LogP contribution in [0.25, 0.3) is 17.2 Å². The highest BCUT2D eigenvalue weighted by Crippen LogP contribution is 2.38. The Kier molecular flexibility index (Phi) is 7.74. The van der Waals surface area contributed by atoms with Crippen LogP contribution in [-0.4, -0.2) is 37.8 Å². The molecule has 4 aromatic rings. The first-order valence-corrected chi connectivity index (χ1v) is 14.0. The van der Waals surface area contributed by atoms with Gasteiger partial charge in [0.25, 0.3) is 5.56 Å². The Morgan fingerprint density at radius 2 is 1.85 bits per heavy atom. The minimum absolute atomic E-state index is 0.245. The zero-order valence-electron chi connectivity index (χ0n) is 22.3. The van der Waals surface area contributed by atoms with Crippen LogP contribution >= 0.6 is 11.3 Å². The zero-order chi connectivity index (χ0) is 27.5. The second-order valence-corrected chi connectivity index (χ2v) is 10.7. The molecule has 1 aliphatic rings. The van der Waals surface area contributed by atoms with Crippen molar-refractivity contribution in [1.82, 2.24) is 19.3 Å². The molecule has 0 bridgehead atoms. The lowest BCUT2D eigenvalue weighted by atomic mass is 10.1. The van der Waals surface area contributed by atoms with Gasteiger partial charge in [0.05, 0.1) is 23.6 Å². The average Bonchev–Trinajstić information content (AvgIpc) is 3.33. The van der Waals surface area contributed by atoms with Crippen molar-refractivity contribution in [3.8, 4) is 17.2 Å². The topological polar surface area (TPSA) is 108 Å².